The molecular weight excluding hydrogens is 512 g/mol. The minimum absolute atomic E-state index is 0.162. The monoisotopic (exact) mass is 581 g/mol. The van der Waals surface area contributed by atoms with Crippen LogP contribution in [0.4, 0.5) is 0 Å². The Morgan fingerprint density at radius 2 is 1.44 bits per heavy atom. The second kappa shape index (κ2) is 17.3. The molecule has 7 nitrogen and oxygen atoms in total. The first-order valence-corrected chi connectivity index (χ1v) is 17.5. The summed E-state index contributed by atoms with van der Waals surface area (Å²) >= 11 is 0. The molecule has 3 aliphatic rings. The highest BCUT2D eigenvalue weighted by atomic mass is 16.5. The molecule has 1 unspecified atom stereocenters. The van der Waals surface area contributed by atoms with Crippen LogP contribution in [0.25, 0.3) is 0 Å². The first-order valence-electron chi connectivity index (χ1n) is 17.5. The lowest BCUT2D eigenvalue weighted by molar-refractivity contribution is -0.204. The summed E-state index contributed by atoms with van der Waals surface area (Å²) in [5, 5.41) is 0. The Morgan fingerprint density at radius 1 is 0.780 bits per heavy atom. The van der Waals surface area contributed by atoms with E-state index in [1.807, 2.05) is 0 Å². The van der Waals surface area contributed by atoms with Crippen molar-refractivity contribution in [3.63, 3.8) is 0 Å². The Hall–Kier alpha value is -0.280. The number of fused-ring (bicyclic) bond motifs is 3. The highest BCUT2D eigenvalue weighted by Crippen LogP contribution is 2.67. The quantitative estimate of drug-likeness (QED) is 0.145. The van der Waals surface area contributed by atoms with Gasteiger partial charge in [-0.2, -0.15) is 0 Å². The summed E-state index contributed by atoms with van der Waals surface area (Å²) in [6.45, 7) is 15.1. The van der Waals surface area contributed by atoms with E-state index >= 15 is 0 Å². The van der Waals surface area contributed by atoms with E-state index in [-0.39, 0.29) is 16.9 Å². The summed E-state index contributed by atoms with van der Waals surface area (Å²) in [5.74, 6) is 3.13. The molecule has 7 heteroatoms. The van der Waals surface area contributed by atoms with E-state index in [1.165, 1.54) is 32.1 Å². The lowest BCUT2D eigenvalue weighted by Crippen LogP contribution is -2.60. The van der Waals surface area contributed by atoms with Crippen molar-refractivity contribution < 1.29 is 14.2 Å². The van der Waals surface area contributed by atoms with Gasteiger partial charge >= 0.3 is 0 Å². The van der Waals surface area contributed by atoms with Gasteiger partial charge < -0.3 is 37.1 Å². The molecule has 0 bridgehead atoms. The highest BCUT2D eigenvalue weighted by Gasteiger charge is 2.64. The number of hydrogen-bond acceptors (Lipinski definition) is 7. The number of ether oxygens (including phenoxy) is 3. The van der Waals surface area contributed by atoms with Gasteiger partial charge in [0.05, 0.1) is 18.3 Å². The molecule has 0 amide bonds. The van der Waals surface area contributed by atoms with E-state index in [2.05, 4.69) is 27.7 Å². The van der Waals surface area contributed by atoms with E-state index in [9.17, 15) is 0 Å². The van der Waals surface area contributed by atoms with E-state index in [0.717, 1.165) is 77.7 Å². The molecule has 3 rings (SSSR count). The molecule has 0 heterocycles. The van der Waals surface area contributed by atoms with Crippen molar-refractivity contribution >= 4 is 0 Å². The maximum Gasteiger partial charge on any atom is 0.0637 e. The zero-order valence-corrected chi connectivity index (χ0v) is 27.3. The van der Waals surface area contributed by atoms with Crippen molar-refractivity contribution in [2.45, 2.75) is 129 Å². The Morgan fingerprint density at radius 3 is 2.10 bits per heavy atom. The molecule has 0 aromatic rings. The van der Waals surface area contributed by atoms with Crippen molar-refractivity contribution in [1.29, 1.82) is 0 Å². The van der Waals surface area contributed by atoms with Crippen molar-refractivity contribution in [1.82, 2.24) is 0 Å². The van der Waals surface area contributed by atoms with Crippen LogP contribution in [-0.2, 0) is 14.2 Å². The summed E-state index contributed by atoms with van der Waals surface area (Å²) in [5.41, 5.74) is 23.9. The molecule has 0 aromatic heterocycles. The van der Waals surface area contributed by atoms with E-state index < -0.39 is 0 Å². The van der Waals surface area contributed by atoms with Crippen LogP contribution in [0.5, 0.6) is 0 Å². The Kier molecular flexibility index (Phi) is 14.8. The second-order valence-corrected chi connectivity index (χ2v) is 14.3. The second-order valence-electron chi connectivity index (χ2n) is 14.3. The van der Waals surface area contributed by atoms with Gasteiger partial charge in [-0.3, -0.25) is 0 Å². The molecule has 0 saturated heterocycles. The van der Waals surface area contributed by atoms with Crippen molar-refractivity contribution in [2.75, 3.05) is 46.0 Å². The van der Waals surface area contributed by atoms with Crippen LogP contribution in [0.15, 0.2) is 0 Å². The molecular formula is C34H68N4O3. The third-order valence-electron chi connectivity index (χ3n) is 11.9. The van der Waals surface area contributed by atoms with Gasteiger partial charge in [-0.15, -0.1) is 0 Å². The molecule has 10 atom stereocenters. The molecule has 3 aliphatic carbocycles. The van der Waals surface area contributed by atoms with Crippen molar-refractivity contribution in [3.8, 4) is 0 Å². The average Bonchev–Trinajstić information content (AvgIpc) is 3.33. The van der Waals surface area contributed by atoms with Crippen molar-refractivity contribution in [2.24, 2.45) is 63.4 Å². The third kappa shape index (κ3) is 8.46. The lowest BCUT2D eigenvalue weighted by Gasteiger charge is -2.61. The molecule has 3 saturated carbocycles. The Labute approximate surface area is 252 Å². The fourth-order valence-electron chi connectivity index (χ4n) is 9.53. The summed E-state index contributed by atoms with van der Waals surface area (Å²) in [6, 6.07) is 0. The van der Waals surface area contributed by atoms with Gasteiger partial charge in [-0.05, 0) is 145 Å². The normalized spacial score (nSPS) is 36.6. The van der Waals surface area contributed by atoms with Crippen LogP contribution in [-0.4, -0.2) is 64.3 Å². The van der Waals surface area contributed by atoms with Gasteiger partial charge in [-0.1, -0.05) is 27.7 Å². The molecule has 3 fully saturated rings. The highest BCUT2D eigenvalue weighted by molar-refractivity contribution is 5.13. The van der Waals surface area contributed by atoms with E-state index in [1.54, 1.807) is 0 Å². The molecule has 0 aliphatic heterocycles. The fraction of sp³-hybridized carbons (Fsp3) is 1.00. The Bertz CT molecular complexity index is 728. The van der Waals surface area contributed by atoms with Gasteiger partial charge in [0.1, 0.15) is 0 Å². The van der Waals surface area contributed by atoms with Gasteiger partial charge in [-0.25, -0.2) is 0 Å². The molecule has 0 aromatic carbocycles. The molecule has 242 valence electrons. The summed E-state index contributed by atoms with van der Waals surface area (Å²) in [7, 11) is 0. The molecule has 41 heavy (non-hydrogen) atoms. The minimum Gasteiger partial charge on any atom is -0.378 e. The SMILES string of the molecule is CC[C@@H](CC[C@@]1(C)CC[C@@H](OCCCN)C2[C@@H]1C[C@H](OCCCN)[C@]1(C)[C@@H]([C@H](C)CCCN)CC[C@@H]21)OCCCN. The predicted octanol–water partition coefficient (Wildman–Crippen LogP) is 5.22. The van der Waals surface area contributed by atoms with Crippen LogP contribution in [0.3, 0.4) is 0 Å². The molecule has 0 spiro atoms. The average molecular weight is 581 g/mol. The largest absolute Gasteiger partial charge is 0.378 e. The summed E-state index contributed by atoms with van der Waals surface area (Å²) in [6.07, 6.45) is 15.6. The maximum absolute atomic E-state index is 6.91. The van der Waals surface area contributed by atoms with Gasteiger partial charge in [0, 0.05) is 25.2 Å². The third-order valence-corrected chi connectivity index (χ3v) is 11.9. The number of nitrogens with two attached hydrogens (primary N) is 4. The van der Waals surface area contributed by atoms with Crippen molar-refractivity contribution in [3.05, 3.63) is 0 Å². The van der Waals surface area contributed by atoms with Crippen LogP contribution < -0.4 is 22.9 Å². The fourth-order valence-corrected chi connectivity index (χ4v) is 9.53. The number of rotatable bonds is 20. The summed E-state index contributed by atoms with van der Waals surface area (Å²) in [4.78, 5) is 0. The maximum atomic E-state index is 6.91. The Balaban J connectivity index is 1.91. The summed E-state index contributed by atoms with van der Waals surface area (Å²) < 4.78 is 19.9. The van der Waals surface area contributed by atoms with Crippen LogP contribution in [0.1, 0.15) is 111 Å². The van der Waals surface area contributed by atoms with Gasteiger partial charge in [0.25, 0.3) is 0 Å². The molecule has 0 radical (unpaired) electrons. The van der Waals surface area contributed by atoms with Crippen LogP contribution in [0.2, 0.25) is 0 Å². The van der Waals surface area contributed by atoms with E-state index in [0.29, 0.717) is 61.4 Å². The first kappa shape index (κ1) is 35.2. The van der Waals surface area contributed by atoms with E-state index in [4.69, 9.17) is 37.1 Å². The topological polar surface area (TPSA) is 132 Å². The zero-order chi connectivity index (χ0) is 29.9. The number of hydrogen-bond donors (Lipinski definition) is 4. The van der Waals surface area contributed by atoms with Gasteiger partial charge in [0.2, 0.25) is 0 Å². The van der Waals surface area contributed by atoms with Gasteiger partial charge in [0.15, 0.2) is 0 Å². The first-order chi connectivity index (χ1) is 19.8. The zero-order valence-electron chi connectivity index (χ0n) is 27.3. The smallest absolute Gasteiger partial charge is 0.0637 e. The lowest BCUT2D eigenvalue weighted by atomic mass is 9.46. The molecule has 8 N–H and O–H groups in total. The predicted molar refractivity (Wildman–Crippen MR) is 170 cm³/mol. The minimum atomic E-state index is 0.162. The standard InChI is InChI=1S/C34H68N4O3/c1-5-26(39-21-7-18-36)13-15-33(3)16-14-30(40-22-8-19-37)32-28-12-11-27(25(2)10-6-17-35)34(28,4)31(24-29(32)33)41-23-9-20-38/h25-32H,5-24,35-38H2,1-4H3/t25-,26+,27-,28+,29+,30-,31+,32?,33+,34-/m1/s1. The van der Waals surface area contributed by atoms with Crippen LogP contribution >= 0.6 is 0 Å². The van der Waals surface area contributed by atoms with Crippen LogP contribution in [0, 0.1) is 40.4 Å².